The first-order valence-electron chi connectivity index (χ1n) is 7.48. The number of amides is 1. The van der Waals surface area contributed by atoms with Gasteiger partial charge < -0.3 is 15.3 Å². The third-order valence-electron chi connectivity index (χ3n) is 3.79. The summed E-state index contributed by atoms with van der Waals surface area (Å²) in [6.07, 6.45) is 2.60. The van der Waals surface area contributed by atoms with Crippen LogP contribution in [0.2, 0.25) is 0 Å². The van der Waals surface area contributed by atoms with Crippen LogP contribution in [-0.2, 0) is 16.0 Å². The van der Waals surface area contributed by atoms with Crippen molar-refractivity contribution in [3.05, 3.63) is 29.8 Å². The molecule has 0 saturated heterocycles. The highest BCUT2D eigenvalue weighted by Crippen LogP contribution is 2.27. The van der Waals surface area contributed by atoms with Crippen molar-refractivity contribution in [1.29, 1.82) is 0 Å². The van der Waals surface area contributed by atoms with Crippen molar-refractivity contribution in [3.8, 4) is 0 Å². The Morgan fingerprint density at radius 2 is 2.14 bits per heavy atom. The van der Waals surface area contributed by atoms with Crippen LogP contribution in [0.3, 0.4) is 0 Å². The first-order chi connectivity index (χ1) is 10.1. The molecule has 1 aliphatic rings. The van der Waals surface area contributed by atoms with Crippen LogP contribution in [-0.4, -0.2) is 36.1 Å². The lowest BCUT2D eigenvalue weighted by Gasteiger charge is -2.18. The number of rotatable bonds is 7. The van der Waals surface area contributed by atoms with Crippen LogP contribution in [0, 0.1) is 0 Å². The average molecular weight is 290 g/mol. The van der Waals surface area contributed by atoms with E-state index in [9.17, 15) is 9.59 Å². The number of anilines is 1. The second-order valence-corrected chi connectivity index (χ2v) is 5.31. The van der Waals surface area contributed by atoms with Gasteiger partial charge in [0.25, 0.3) is 0 Å². The second kappa shape index (κ2) is 7.22. The average Bonchev–Trinajstić information content (AvgIpc) is 2.90. The van der Waals surface area contributed by atoms with Crippen LogP contribution >= 0.6 is 0 Å². The Balaban J connectivity index is 1.84. The molecule has 0 bridgehead atoms. The molecule has 0 saturated carbocycles. The number of nitrogens with zero attached hydrogens (tertiary/aromatic N) is 1. The van der Waals surface area contributed by atoms with Crippen LogP contribution in [0.5, 0.6) is 0 Å². The number of hydrogen-bond acceptors (Lipinski definition) is 3. The molecule has 5 nitrogen and oxygen atoms in total. The molecule has 1 unspecified atom stereocenters. The van der Waals surface area contributed by atoms with Crippen molar-refractivity contribution in [2.45, 2.75) is 38.6 Å². The lowest BCUT2D eigenvalue weighted by molar-refractivity contribution is -0.139. The maximum atomic E-state index is 12.3. The fourth-order valence-corrected chi connectivity index (χ4v) is 2.69. The predicted molar refractivity (Wildman–Crippen MR) is 81.5 cm³/mol. The fourth-order valence-electron chi connectivity index (χ4n) is 2.69. The SMILES string of the molecule is CCCC(NCCC(=O)N1CCc2ccccc21)C(=O)O. The highest BCUT2D eigenvalue weighted by atomic mass is 16.4. The summed E-state index contributed by atoms with van der Waals surface area (Å²) in [7, 11) is 0. The molecule has 0 radical (unpaired) electrons. The lowest BCUT2D eigenvalue weighted by atomic mass is 10.1. The van der Waals surface area contributed by atoms with Crippen LogP contribution in [0.1, 0.15) is 31.7 Å². The van der Waals surface area contributed by atoms with Gasteiger partial charge in [-0.05, 0) is 24.5 Å². The molecule has 1 aliphatic heterocycles. The van der Waals surface area contributed by atoms with Gasteiger partial charge >= 0.3 is 5.97 Å². The van der Waals surface area contributed by atoms with E-state index >= 15 is 0 Å². The van der Waals surface area contributed by atoms with Gasteiger partial charge in [-0.1, -0.05) is 31.5 Å². The van der Waals surface area contributed by atoms with E-state index in [0.717, 1.165) is 25.1 Å². The number of benzene rings is 1. The van der Waals surface area contributed by atoms with Crippen LogP contribution in [0.15, 0.2) is 24.3 Å². The molecule has 1 aromatic rings. The maximum absolute atomic E-state index is 12.3. The standard InChI is InChI=1S/C16H22N2O3/c1-2-5-13(16(20)21)17-10-8-15(19)18-11-9-12-6-3-4-7-14(12)18/h3-4,6-7,13,17H,2,5,8-11H2,1H3,(H,20,21). The Labute approximate surface area is 125 Å². The summed E-state index contributed by atoms with van der Waals surface area (Å²) < 4.78 is 0. The molecule has 5 heteroatoms. The number of carboxylic acid groups (broad SMARTS) is 1. The van der Waals surface area contributed by atoms with E-state index in [1.54, 1.807) is 4.90 Å². The zero-order chi connectivity index (χ0) is 15.2. The molecule has 0 aliphatic carbocycles. The van der Waals surface area contributed by atoms with E-state index < -0.39 is 12.0 Å². The van der Waals surface area contributed by atoms with Crippen molar-refractivity contribution in [2.75, 3.05) is 18.0 Å². The van der Waals surface area contributed by atoms with Crippen molar-refractivity contribution < 1.29 is 14.7 Å². The van der Waals surface area contributed by atoms with E-state index in [2.05, 4.69) is 5.32 Å². The van der Waals surface area contributed by atoms with Gasteiger partial charge in [0.05, 0.1) is 0 Å². The molecule has 114 valence electrons. The van der Waals surface area contributed by atoms with Crippen LogP contribution in [0.25, 0.3) is 0 Å². The van der Waals surface area contributed by atoms with E-state index in [-0.39, 0.29) is 5.91 Å². The summed E-state index contributed by atoms with van der Waals surface area (Å²) in [5.41, 5.74) is 2.19. The topological polar surface area (TPSA) is 69.6 Å². The summed E-state index contributed by atoms with van der Waals surface area (Å²) in [6, 6.07) is 7.36. The van der Waals surface area contributed by atoms with E-state index in [1.807, 2.05) is 31.2 Å². The summed E-state index contributed by atoms with van der Waals surface area (Å²) in [4.78, 5) is 25.1. The Morgan fingerprint density at radius 1 is 1.38 bits per heavy atom. The van der Waals surface area contributed by atoms with Crippen molar-refractivity contribution >= 4 is 17.6 Å². The monoisotopic (exact) mass is 290 g/mol. The number of carbonyl (C=O) groups is 2. The second-order valence-electron chi connectivity index (χ2n) is 5.31. The number of aliphatic carboxylic acids is 1. The molecule has 0 fully saturated rings. The highest BCUT2D eigenvalue weighted by molar-refractivity contribution is 5.95. The molecule has 0 aromatic heterocycles. The summed E-state index contributed by atoms with van der Waals surface area (Å²) in [5, 5.41) is 12.0. The van der Waals surface area contributed by atoms with Crippen molar-refractivity contribution in [2.24, 2.45) is 0 Å². The van der Waals surface area contributed by atoms with E-state index in [1.165, 1.54) is 5.56 Å². The Hall–Kier alpha value is -1.88. The third-order valence-corrected chi connectivity index (χ3v) is 3.79. The normalized spacial score (nSPS) is 14.8. The van der Waals surface area contributed by atoms with Gasteiger partial charge in [-0.15, -0.1) is 0 Å². The molecule has 1 atom stereocenters. The number of carbonyl (C=O) groups excluding carboxylic acids is 1. The number of carboxylic acids is 1. The largest absolute Gasteiger partial charge is 0.480 e. The number of nitrogens with one attached hydrogen (secondary N) is 1. The maximum Gasteiger partial charge on any atom is 0.320 e. The van der Waals surface area contributed by atoms with Gasteiger partial charge in [-0.2, -0.15) is 0 Å². The molecular weight excluding hydrogens is 268 g/mol. The first-order valence-corrected chi connectivity index (χ1v) is 7.48. The Kier molecular flexibility index (Phi) is 5.33. The molecular formula is C16H22N2O3. The minimum atomic E-state index is -0.851. The number of fused-ring (bicyclic) bond motifs is 1. The zero-order valence-corrected chi connectivity index (χ0v) is 12.3. The van der Waals surface area contributed by atoms with Gasteiger partial charge in [0, 0.05) is 25.2 Å². The third kappa shape index (κ3) is 3.82. The van der Waals surface area contributed by atoms with E-state index in [4.69, 9.17) is 5.11 Å². The molecule has 2 rings (SSSR count). The molecule has 2 N–H and O–H groups in total. The Morgan fingerprint density at radius 3 is 2.86 bits per heavy atom. The molecule has 0 spiro atoms. The van der Waals surface area contributed by atoms with Gasteiger partial charge in [-0.25, -0.2) is 0 Å². The summed E-state index contributed by atoms with van der Waals surface area (Å²) >= 11 is 0. The summed E-state index contributed by atoms with van der Waals surface area (Å²) in [6.45, 7) is 3.06. The minimum Gasteiger partial charge on any atom is -0.480 e. The van der Waals surface area contributed by atoms with Gasteiger partial charge in [0.2, 0.25) is 5.91 Å². The number of para-hydroxylation sites is 1. The smallest absolute Gasteiger partial charge is 0.320 e. The Bertz CT molecular complexity index is 516. The predicted octanol–water partition coefficient (Wildman–Crippen LogP) is 1.81. The van der Waals surface area contributed by atoms with Crippen molar-refractivity contribution in [1.82, 2.24) is 5.32 Å². The zero-order valence-electron chi connectivity index (χ0n) is 12.3. The van der Waals surface area contributed by atoms with Crippen LogP contribution in [0.4, 0.5) is 5.69 Å². The van der Waals surface area contributed by atoms with Gasteiger partial charge in [0.1, 0.15) is 6.04 Å². The highest BCUT2D eigenvalue weighted by Gasteiger charge is 2.24. The number of hydrogen-bond donors (Lipinski definition) is 2. The molecule has 1 heterocycles. The van der Waals surface area contributed by atoms with Crippen LogP contribution < -0.4 is 10.2 Å². The van der Waals surface area contributed by atoms with E-state index in [0.29, 0.717) is 19.4 Å². The first kappa shape index (κ1) is 15.5. The minimum absolute atomic E-state index is 0.0492. The van der Waals surface area contributed by atoms with Crippen molar-refractivity contribution in [3.63, 3.8) is 0 Å². The molecule has 21 heavy (non-hydrogen) atoms. The van der Waals surface area contributed by atoms with Gasteiger partial charge in [-0.3, -0.25) is 9.59 Å². The summed E-state index contributed by atoms with van der Waals surface area (Å²) in [5.74, 6) is -0.802. The fraction of sp³-hybridized carbons (Fsp3) is 0.500. The van der Waals surface area contributed by atoms with Gasteiger partial charge in [0.15, 0.2) is 0 Å². The molecule has 1 amide bonds. The molecule has 1 aromatic carbocycles. The lowest BCUT2D eigenvalue weighted by Crippen LogP contribution is -2.39. The quantitative estimate of drug-likeness (QED) is 0.803.